The molecule has 20 heavy (non-hydrogen) atoms. The summed E-state index contributed by atoms with van der Waals surface area (Å²) in [6.07, 6.45) is 5.13. The van der Waals surface area contributed by atoms with E-state index < -0.39 is 0 Å². The van der Waals surface area contributed by atoms with Gasteiger partial charge in [0.1, 0.15) is 0 Å². The lowest BCUT2D eigenvalue weighted by molar-refractivity contribution is 0.117. The summed E-state index contributed by atoms with van der Waals surface area (Å²) < 4.78 is 0. The predicted octanol–water partition coefficient (Wildman–Crippen LogP) is 3.77. The molecule has 1 fully saturated rings. The van der Waals surface area contributed by atoms with Crippen LogP contribution in [0.15, 0.2) is 12.1 Å². The second-order valence-electron chi connectivity index (χ2n) is 6.70. The topological polar surface area (TPSA) is 23.5 Å². The maximum atomic E-state index is 10.6. The van der Waals surface area contributed by atoms with Crippen LogP contribution >= 0.6 is 0 Å². The second-order valence-corrected chi connectivity index (χ2v) is 6.70. The number of aliphatic hydroxyl groups is 1. The second kappa shape index (κ2) is 6.73. The van der Waals surface area contributed by atoms with Crippen LogP contribution < -0.4 is 0 Å². The van der Waals surface area contributed by atoms with Crippen molar-refractivity contribution in [3.05, 3.63) is 34.4 Å². The molecule has 1 N–H and O–H groups in total. The van der Waals surface area contributed by atoms with Crippen molar-refractivity contribution in [2.24, 2.45) is 5.92 Å². The van der Waals surface area contributed by atoms with Gasteiger partial charge in [-0.3, -0.25) is 0 Å². The molecular weight excluding hydrogens is 246 g/mol. The van der Waals surface area contributed by atoms with Crippen molar-refractivity contribution in [3.8, 4) is 0 Å². The molecule has 0 radical (unpaired) electrons. The molecule has 1 saturated carbocycles. The summed E-state index contributed by atoms with van der Waals surface area (Å²) in [6.45, 7) is 8.19. The van der Waals surface area contributed by atoms with Crippen LogP contribution in [0, 0.1) is 26.7 Å². The molecule has 1 unspecified atom stereocenters. The number of hydrogen-bond acceptors (Lipinski definition) is 2. The summed E-state index contributed by atoms with van der Waals surface area (Å²) in [6, 6.07) is 4.34. The molecule has 2 nitrogen and oxygen atoms in total. The molecule has 0 aromatic heterocycles. The van der Waals surface area contributed by atoms with Gasteiger partial charge in [0.25, 0.3) is 0 Å². The molecule has 112 valence electrons. The van der Waals surface area contributed by atoms with Crippen LogP contribution in [0.3, 0.4) is 0 Å². The van der Waals surface area contributed by atoms with Gasteiger partial charge in [-0.2, -0.15) is 0 Å². The van der Waals surface area contributed by atoms with Crippen molar-refractivity contribution in [3.63, 3.8) is 0 Å². The van der Waals surface area contributed by atoms with E-state index in [4.69, 9.17) is 0 Å². The summed E-state index contributed by atoms with van der Waals surface area (Å²) in [4.78, 5) is 2.30. The van der Waals surface area contributed by atoms with E-state index in [9.17, 15) is 5.11 Å². The Balaban J connectivity index is 1.98. The Morgan fingerprint density at radius 3 is 2.25 bits per heavy atom. The molecule has 0 aliphatic heterocycles. The molecule has 1 aromatic carbocycles. The zero-order chi connectivity index (χ0) is 14.7. The number of rotatable bonds is 5. The van der Waals surface area contributed by atoms with Crippen molar-refractivity contribution >= 4 is 0 Å². The van der Waals surface area contributed by atoms with Crippen LogP contribution in [0.2, 0.25) is 0 Å². The molecule has 1 atom stereocenters. The molecule has 2 rings (SSSR count). The van der Waals surface area contributed by atoms with Crippen molar-refractivity contribution in [2.45, 2.75) is 52.6 Å². The molecule has 0 amide bonds. The highest BCUT2D eigenvalue weighted by atomic mass is 16.3. The predicted molar refractivity (Wildman–Crippen MR) is 85.1 cm³/mol. The van der Waals surface area contributed by atoms with Gasteiger partial charge in [-0.05, 0) is 63.3 Å². The van der Waals surface area contributed by atoms with Crippen LogP contribution in [-0.4, -0.2) is 30.1 Å². The van der Waals surface area contributed by atoms with E-state index >= 15 is 0 Å². The zero-order valence-corrected chi connectivity index (χ0v) is 13.4. The third-order valence-electron chi connectivity index (χ3n) is 4.60. The van der Waals surface area contributed by atoms with E-state index in [1.807, 2.05) is 0 Å². The molecule has 1 aromatic rings. The van der Waals surface area contributed by atoms with Gasteiger partial charge in [0, 0.05) is 13.1 Å². The van der Waals surface area contributed by atoms with Gasteiger partial charge < -0.3 is 10.0 Å². The summed E-state index contributed by atoms with van der Waals surface area (Å²) in [7, 11) is 2.14. The lowest BCUT2D eigenvalue weighted by Crippen LogP contribution is -2.29. The Morgan fingerprint density at radius 2 is 1.70 bits per heavy atom. The van der Waals surface area contributed by atoms with Gasteiger partial charge in [-0.1, -0.05) is 30.5 Å². The molecular formula is C18H29NO. The first-order valence-electron chi connectivity index (χ1n) is 7.91. The Bertz CT molecular complexity index is 426. The number of aliphatic hydroxyl groups excluding tert-OH is 1. The van der Waals surface area contributed by atoms with E-state index in [2.05, 4.69) is 44.9 Å². The number of aryl methyl sites for hydroxylation is 3. The SMILES string of the molecule is Cc1cc(C)c(C(O)CN(C)CC2CCCC2)c(C)c1. The molecule has 0 saturated heterocycles. The molecule has 1 aliphatic rings. The van der Waals surface area contributed by atoms with Crippen molar-refractivity contribution in [1.82, 2.24) is 4.90 Å². The van der Waals surface area contributed by atoms with Crippen LogP contribution in [0.5, 0.6) is 0 Å². The van der Waals surface area contributed by atoms with Crippen LogP contribution in [0.1, 0.15) is 54.0 Å². The first-order valence-corrected chi connectivity index (χ1v) is 7.91. The van der Waals surface area contributed by atoms with E-state index in [0.717, 1.165) is 24.6 Å². The first-order chi connectivity index (χ1) is 9.47. The monoisotopic (exact) mass is 275 g/mol. The van der Waals surface area contributed by atoms with E-state index in [0.29, 0.717) is 0 Å². The van der Waals surface area contributed by atoms with Crippen molar-refractivity contribution in [1.29, 1.82) is 0 Å². The molecule has 0 heterocycles. The summed E-state index contributed by atoms with van der Waals surface area (Å²) in [5, 5.41) is 10.6. The normalized spacial score (nSPS) is 17.9. The minimum absolute atomic E-state index is 0.373. The van der Waals surface area contributed by atoms with Gasteiger partial charge in [-0.15, -0.1) is 0 Å². The quantitative estimate of drug-likeness (QED) is 0.884. The van der Waals surface area contributed by atoms with Crippen molar-refractivity contribution in [2.75, 3.05) is 20.1 Å². The Labute approximate surface area is 123 Å². The number of nitrogens with zero attached hydrogens (tertiary/aromatic N) is 1. The fourth-order valence-corrected chi connectivity index (χ4v) is 3.81. The maximum absolute atomic E-state index is 10.6. The standard InChI is InChI=1S/C18H29NO/c1-13-9-14(2)18(15(3)10-13)17(20)12-19(4)11-16-7-5-6-8-16/h9-10,16-17,20H,5-8,11-12H2,1-4H3. The van der Waals surface area contributed by atoms with E-state index in [1.54, 1.807) is 0 Å². The van der Waals surface area contributed by atoms with Gasteiger partial charge >= 0.3 is 0 Å². The Hall–Kier alpha value is -0.860. The highest BCUT2D eigenvalue weighted by Gasteiger charge is 2.20. The van der Waals surface area contributed by atoms with E-state index in [-0.39, 0.29) is 6.10 Å². The Kier molecular flexibility index (Phi) is 5.22. The number of hydrogen-bond donors (Lipinski definition) is 1. The van der Waals surface area contributed by atoms with Crippen LogP contribution in [0.25, 0.3) is 0 Å². The third kappa shape index (κ3) is 3.83. The van der Waals surface area contributed by atoms with Gasteiger partial charge in [0.15, 0.2) is 0 Å². The fraction of sp³-hybridized carbons (Fsp3) is 0.667. The average Bonchev–Trinajstić information content (AvgIpc) is 2.79. The number of benzene rings is 1. The lowest BCUT2D eigenvalue weighted by atomic mass is 9.95. The van der Waals surface area contributed by atoms with Crippen LogP contribution in [-0.2, 0) is 0 Å². The molecule has 0 bridgehead atoms. The smallest absolute Gasteiger partial charge is 0.0921 e. The minimum atomic E-state index is -0.373. The van der Waals surface area contributed by atoms with Crippen molar-refractivity contribution < 1.29 is 5.11 Å². The number of likely N-dealkylation sites (N-methyl/N-ethyl adjacent to an activating group) is 1. The first kappa shape index (κ1) is 15.5. The molecule has 0 spiro atoms. The zero-order valence-electron chi connectivity index (χ0n) is 13.4. The average molecular weight is 275 g/mol. The maximum Gasteiger partial charge on any atom is 0.0921 e. The van der Waals surface area contributed by atoms with E-state index in [1.165, 1.54) is 42.4 Å². The highest BCUT2D eigenvalue weighted by Crippen LogP contribution is 2.27. The van der Waals surface area contributed by atoms with Gasteiger partial charge in [0.05, 0.1) is 6.10 Å². The lowest BCUT2D eigenvalue weighted by Gasteiger charge is -2.25. The highest BCUT2D eigenvalue weighted by molar-refractivity contribution is 5.39. The fourth-order valence-electron chi connectivity index (χ4n) is 3.81. The summed E-state index contributed by atoms with van der Waals surface area (Å²) in [5.74, 6) is 0.840. The largest absolute Gasteiger partial charge is 0.387 e. The summed E-state index contributed by atoms with van der Waals surface area (Å²) in [5.41, 5.74) is 4.82. The van der Waals surface area contributed by atoms with Gasteiger partial charge in [0.2, 0.25) is 0 Å². The third-order valence-corrected chi connectivity index (χ3v) is 4.60. The summed E-state index contributed by atoms with van der Waals surface area (Å²) >= 11 is 0. The van der Waals surface area contributed by atoms with Crippen LogP contribution in [0.4, 0.5) is 0 Å². The minimum Gasteiger partial charge on any atom is -0.387 e. The van der Waals surface area contributed by atoms with Gasteiger partial charge in [-0.25, -0.2) is 0 Å². The molecule has 2 heteroatoms. The molecule has 1 aliphatic carbocycles. The Morgan fingerprint density at radius 1 is 1.15 bits per heavy atom.